The van der Waals surface area contributed by atoms with Gasteiger partial charge in [0.15, 0.2) is 6.23 Å². The minimum atomic E-state index is -1.30. The van der Waals surface area contributed by atoms with Gasteiger partial charge in [0, 0.05) is 68.9 Å². The van der Waals surface area contributed by atoms with Crippen molar-refractivity contribution in [1.82, 2.24) is 14.5 Å². The average molecular weight is 747 g/mol. The third-order valence-electron chi connectivity index (χ3n) is 10.9. The number of hydrogen-bond donors (Lipinski definition) is 1. The van der Waals surface area contributed by atoms with Crippen molar-refractivity contribution in [1.29, 1.82) is 10.5 Å². The van der Waals surface area contributed by atoms with Gasteiger partial charge in [-0.05, 0) is 41.0 Å². The Labute approximate surface area is 333 Å². The Morgan fingerprint density at radius 1 is 0.517 bits per heavy atom. The average Bonchev–Trinajstić information content (AvgIpc) is 3.77. The van der Waals surface area contributed by atoms with Gasteiger partial charge in [-0.2, -0.15) is 10.5 Å². The number of aliphatic hydroxyl groups is 1. The number of rotatable bonds is 6. The first-order valence-corrected chi connectivity index (χ1v) is 18.7. The molecule has 0 saturated carbocycles. The molecule has 58 heavy (non-hydrogen) atoms. The zero-order valence-corrected chi connectivity index (χ0v) is 30.8. The van der Waals surface area contributed by atoms with E-state index in [9.17, 15) is 15.6 Å². The van der Waals surface area contributed by atoms with Crippen LogP contribution in [0.5, 0.6) is 0 Å². The van der Waals surface area contributed by atoms with Gasteiger partial charge < -0.3 is 9.67 Å². The molecule has 0 radical (unpaired) electrons. The van der Waals surface area contributed by atoms with Crippen LogP contribution in [0.15, 0.2) is 170 Å². The van der Waals surface area contributed by atoms with E-state index < -0.39 is 6.23 Å². The molecule has 0 fully saturated rings. The highest BCUT2D eigenvalue weighted by Gasteiger charge is 2.40. The second-order valence-corrected chi connectivity index (χ2v) is 14.1. The molecule has 1 atom stereocenters. The van der Waals surface area contributed by atoms with Crippen LogP contribution in [0.2, 0.25) is 0 Å². The molecule has 8 nitrogen and oxygen atoms in total. The van der Waals surface area contributed by atoms with Crippen LogP contribution in [0.25, 0.3) is 72.0 Å². The summed E-state index contributed by atoms with van der Waals surface area (Å²) in [6.07, 6.45) is 5.23. The summed E-state index contributed by atoms with van der Waals surface area (Å²) in [7, 11) is 0. The van der Waals surface area contributed by atoms with Crippen LogP contribution >= 0.6 is 0 Å². The molecule has 272 valence electrons. The molecule has 3 aromatic heterocycles. The summed E-state index contributed by atoms with van der Waals surface area (Å²) in [4.78, 5) is 25.7. The Morgan fingerprint density at radius 2 is 1.09 bits per heavy atom. The zero-order valence-electron chi connectivity index (χ0n) is 30.8. The van der Waals surface area contributed by atoms with E-state index in [-0.39, 0.29) is 5.91 Å². The van der Waals surface area contributed by atoms with Crippen molar-refractivity contribution in [2.75, 3.05) is 4.90 Å². The van der Waals surface area contributed by atoms with Crippen molar-refractivity contribution in [3.63, 3.8) is 0 Å². The van der Waals surface area contributed by atoms with Crippen LogP contribution in [-0.2, 0) is 0 Å². The third kappa shape index (κ3) is 5.44. The van der Waals surface area contributed by atoms with Crippen LogP contribution in [0.1, 0.15) is 33.3 Å². The molecular formula is C50H30N6O2. The van der Waals surface area contributed by atoms with Gasteiger partial charge in [0.25, 0.3) is 5.91 Å². The van der Waals surface area contributed by atoms with Gasteiger partial charge in [-0.1, -0.05) is 121 Å². The van der Waals surface area contributed by atoms with Gasteiger partial charge in [0.05, 0.1) is 39.1 Å². The molecule has 6 aromatic carbocycles. The van der Waals surface area contributed by atoms with Crippen molar-refractivity contribution in [2.24, 2.45) is 0 Å². The molecule has 9 aromatic rings. The van der Waals surface area contributed by atoms with Crippen LogP contribution < -0.4 is 4.90 Å². The number of hydrogen-bond acceptors (Lipinski definition) is 6. The summed E-state index contributed by atoms with van der Waals surface area (Å²) in [5.41, 5.74) is 11.0. The van der Waals surface area contributed by atoms with E-state index in [1.807, 2.05) is 140 Å². The fourth-order valence-electron chi connectivity index (χ4n) is 8.33. The summed E-state index contributed by atoms with van der Waals surface area (Å²) < 4.78 is 2.08. The maximum Gasteiger partial charge on any atom is 0.263 e. The highest BCUT2D eigenvalue weighted by atomic mass is 16.3. The lowest BCUT2D eigenvalue weighted by molar-refractivity contribution is 0.0935. The second-order valence-electron chi connectivity index (χ2n) is 14.1. The van der Waals surface area contributed by atoms with Gasteiger partial charge in [0.2, 0.25) is 0 Å². The molecule has 1 unspecified atom stereocenters. The van der Waals surface area contributed by atoms with Crippen molar-refractivity contribution in [2.45, 2.75) is 6.23 Å². The SMILES string of the molecule is N#Cc1cncc(-c2cccc3c4cccc(-c5cncc(C#N)c5)c4n(-c4cccc5c4C(=O)N(c4cc(-c6ccccc6)ccc4-c4ccccc4)C5O)c23)c1. The van der Waals surface area contributed by atoms with Gasteiger partial charge in [-0.15, -0.1) is 0 Å². The number of aromatic nitrogens is 3. The Balaban J connectivity index is 1.26. The quantitative estimate of drug-likeness (QED) is 0.181. The van der Waals surface area contributed by atoms with Crippen LogP contribution in [0.3, 0.4) is 0 Å². The molecule has 0 saturated heterocycles. The van der Waals surface area contributed by atoms with Crippen LogP contribution in [0.4, 0.5) is 5.69 Å². The molecule has 0 bridgehead atoms. The Hall–Kier alpha value is -8.17. The van der Waals surface area contributed by atoms with Crippen LogP contribution in [-0.4, -0.2) is 25.5 Å². The van der Waals surface area contributed by atoms with Gasteiger partial charge in [0.1, 0.15) is 12.1 Å². The Morgan fingerprint density at radius 3 is 1.67 bits per heavy atom. The molecule has 8 heteroatoms. The number of aliphatic hydroxyl groups excluding tert-OH is 1. The summed E-state index contributed by atoms with van der Waals surface area (Å²) in [5.74, 6) is -0.355. The lowest BCUT2D eigenvalue weighted by atomic mass is 9.97. The van der Waals surface area contributed by atoms with Gasteiger partial charge in [-0.25, -0.2) is 0 Å². The van der Waals surface area contributed by atoms with Gasteiger partial charge in [-0.3, -0.25) is 19.7 Å². The van der Waals surface area contributed by atoms with E-state index in [4.69, 9.17) is 0 Å². The predicted molar refractivity (Wildman–Crippen MR) is 226 cm³/mol. The Bertz CT molecular complexity index is 3080. The lowest BCUT2D eigenvalue weighted by Gasteiger charge is -2.25. The third-order valence-corrected chi connectivity index (χ3v) is 10.9. The number of fused-ring (bicyclic) bond motifs is 4. The topological polar surface area (TPSA) is 119 Å². The number of nitriles is 2. The van der Waals surface area contributed by atoms with E-state index in [2.05, 4.69) is 26.7 Å². The van der Waals surface area contributed by atoms with Gasteiger partial charge >= 0.3 is 0 Å². The molecule has 1 amide bonds. The minimum absolute atomic E-state index is 0.355. The highest BCUT2D eigenvalue weighted by molar-refractivity contribution is 6.20. The number of anilines is 1. The predicted octanol–water partition coefficient (Wildman–Crippen LogP) is 10.6. The van der Waals surface area contributed by atoms with E-state index in [1.165, 1.54) is 17.3 Å². The van der Waals surface area contributed by atoms with Crippen molar-refractivity contribution in [3.8, 4) is 62.3 Å². The zero-order chi connectivity index (χ0) is 39.3. The fraction of sp³-hybridized carbons (Fsp3) is 0.0200. The van der Waals surface area contributed by atoms with Crippen molar-refractivity contribution < 1.29 is 9.90 Å². The summed E-state index contributed by atoms with van der Waals surface area (Å²) in [6.45, 7) is 0. The standard InChI is InChI=1S/C50H30N6O2/c51-25-31-22-36(29-53-27-31)39-14-7-16-41-42-17-8-15-40(37-23-32(26-52)28-54-30-37)48(42)55(47(39)41)44-19-9-18-43-46(44)50(58)56(49(43)57)45-24-35(33-10-3-1-4-11-33)20-21-38(45)34-12-5-2-6-13-34/h1-24,27-30,49,57H. The molecule has 0 spiro atoms. The molecule has 1 aliphatic heterocycles. The molecule has 10 rings (SSSR count). The number of nitrogens with zero attached hydrogens (tertiary/aromatic N) is 6. The number of amides is 1. The molecule has 1 aliphatic rings. The number of para-hydroxylation sites is 2. The number of pyridine rings is 2. The largest absolute Gasteiger partial charge is 0.369 e. The molecular weight excluding hydrogens is 717 g/mol. The van der Waals surface area contributed by atoms with E-state index in [1.54, 1.807) is 18.5 Å². The highest BCUT2D eigenvalue weighted by Crippen LogP contribution is 2.47. The van der Waals surface area contributed by atoms with E-state index in [0.717, 1.165) is 66.3 Å². The minimum Gasteiger partial charge on any atom is -0.369 e. The molecule has 0 aliphatic carbocycles. The smallest absolute Gasteiger partial charge is 0.263 e. The van der Waals surface area contributed by atoms with Crippen LogP contribution in [0, 0.1) is 22.7 Å². The maximum atomic E-state index is 15.4. The summed E-state index contributed by atoms with van der Waals surface area (Å²) in [6, 6.07) is 51.5. The summed E-state index contributed by atoms with van der Waals surface area (Å²) >= 11 is 0. The number of carbonyl (C=O) groups excluding carboxylic acids is 1. The second kappa shape index (κ2) is 13.8. The normalized spacial score (nSPS) is 13.4. The fourth-order valence-corrected chi connectivity index (χ4v) is 8.33. The first-order chi connectivity index (χ1) is 28.5. The monoisotopic (exact) mass is 746 g/mol. The molecule has 4 heterocycles. The number of carbonyl (C=O) groups is 1. The number of benzene rings is 6. The molecule has 1 N–H and O–H groups in total. The first kappa shape index (κ1) is 34.3. The Kier molecular flexibility index (Phi) is 8.19. The van der Waals surface area contributed by atoms with Crippen molar-refractivity contribution >= 4 is 33.4 Å². The summed E-state index contributed by atoms with van der Waals surface area (Å²) in [5, 5.41) is 33.8. The lowest BCUT2D eigenvalue weighted by Crippen LogP contribution is -2.28. The van der Waals surface area contributed by atoms with Crippen molar-refractivity contribution in [3.05, 3.63) is 193 Å². The maximum absolute atomic E-state index is 15.4. The first-order valence-electron chi connectivity index (χ1n) is 18.7. The van der Waals surface area contributed by atoms with E-state index in [0.29, 0.717) is 33.6 Å². The van der Waals surface area contributed by atoms with E-state index >= 15 is 4.79 Å².